The van der Waals surface area contributed by atoms with Gasteiger partial charge in [0.15, 0.2) is 0 Å². The maximum absolute atomic E-state index is 12.3. The van der Waals surface area contributed by atoms with Crippen LogP contribution in [0.5, 0.6) is 0 Å². The lowest BCUT2D eigenvalue weighted by molar-refractivity contribution is -0.135. The van der Waals surface area contributed by atoms with Crippen molar-refractivity contribution in [3.63, 3.8) is 0 Å². The van der Waals surface area contributed by atoms with Gasteiger partial charge in [0.25, 0.3) is 0 Å². The molecule has 2 aliphatic rings. The van der Waals surface area contributed by atoms with Crippen LogP contribution in [0, 0.1) is 11.8 Å². The normalized spacial score (nSPS) is 29.8. The van der Waals surface area contributed by atoms with Crippen molar-refractivity contribution in [2.75, 3.05) is 25.1 Å². The summed E-state index contributed by atoms with van der Waals surface area (Å²) in [5, 5.41) is 0. The van der Waals surface area contributed by atoms with Gasteiger partial charge in [0, 0.05) is 13.1 Å². The Labute approximate surface area is 115 Å². The molecule has 1 saturated carbocycles. The summed E-state index contributed by atoms with van der Waals surface area (Å²) < 4.78 is 0. The summed E-state index contributed by atoms with van der Waals surface area (Å²) in [6.07, 6.45) is 9.50. The number of piperidine rings is 1. The van der Waals surface area contributed by atoms with E-state index in [1.807, 2.05) is 4.90 Å². The molecule has 0 spiro atoms. The third-order valence-electron chi connectivity index (χ3n) is 4.55. The minimum Gasteiger partial charge on any atom is -0.341 e. The van der Waals surface area contributed by atoms with E-state index in [1.54, 1.807) is 11.8 Å². The fourth-order valence-corrected chi connectivity index (χ4v) is 3.89. The molecule has 2 unspecified atom stereocenters. The Balaban J connectivity index is 1.84. The Morgan fingerprint density at radius 1 is 1.33 bits per heavy atom. The number of hydrogen-bond acceptors (Lipinski definition) is 3. The van der Waals surface area contributed by atoms with Gasteiger partial charge in [0.1, 0.15) is 0 Å². The SMILES string of the molecule is CSCC[C@@H](N)C(=O)N1CCC2CCCCC2C1. The van der Waals surface area contributed by atoms with Crippen molar-refractivity contribution in [1.82, 2.24) is 4.90 Å². The third kappa shape index (κ3) is 3.41. The van der Waals surface area contributed by atoms with Crippen LogP contribution in [0.3, 0.4) is 0 Å². The van der Waals surface area contributed by atoms with Crippen LogP contribution in [0.15, 0.2) is 0 Å². The Kier molecular flexibility index (Phi) is 5.37. The molecule has 2 fully saturated rings. The first-order valence-corrected chi connectivity index (χ1v) is 8.65. The zero-order valence-electron chi connectivity index (χ0n) is 11.4. The van der Waals surface area contributed by atoms with Gasteiger partial charge in [0.2, 0.25) is 5.91 Å². The van der Waals surface area contributed by atoms with Crippen molar-refractivity contribution in [3.8, 4) is 0 Å². The number of hydrogen-bond donors (Lipinski definition) is 1. The molecular weight excluding hydrogens is 244 g/mol. The van der Waals surface area contributed by atoms with Crippen LogP contribution in [0.25, 0.3) is 0 Å². The molecule has 0 aromatic rings. The largest absolute Gasteiger partial charge is 0.341 e. The van der Waals surface area contributed by atoms with E-state index in [4.69, 9.17) is 5.73 Å². The molecule has 0 radical (unpaired) electrons. The van der Waals surface area contributed by atoms with Crippen molar-refractivity contribution in [2.24, 2.45) is 17.6 Å². The van der Waals surface area contributed by atoms with E-state index >= 15 is 0 Å². The van der Waals surface area contributed by atoms with Gasteiger partial charge in [0.05, 0.1) is 6.04 Å². The van der Waals surface area contributed by atoms with E-state index in [2.05, 4.69) is 6.26 Å². The molecule has 3 nitrogen and oxygen atoms in total. The summed E-state index contributed by atoms with van der Waals surface area (Å²) in [6, 6.07) is -0.280. The van der Waals surface area contributed by atoms with Gasteiger partial charge in [-0.2, -0.15) is 11.8 Å². The Morgan fingerprint density at radius 3 is 2.78 bits per heavy atom. The number of nitrogens with zero attached hydrogens (tertiary/aromatic N) is 1. The first-order chi connectivity index (χ1) is 8.72. The second-order valence-electron chi connectivity index (χ2n) is 5.77. The number of fused-ring (bicyclic) bond motifs is 1. The van der Waals surface area contributed by atoms with Gasteiger partial charge in [-0.05, 0) is 43.1 Å². The van der Waals surface area contributed by atoms with Crippen LogP contribution in [0.1, 0.15) is 38.5 Å². The highest BCUT2D eigenvalue weighted by molar-refractivity contribution is 7.98. The quantitative estimate of drug-likeness (QED) is 0.851. The Hall–Kier alpha value is -0.220. The molecule has 2 N–H and O–H groups in total. The molecule has 0 aromatic carbocycles. The molecule has 104 valence electrons. The van der Waals surface area contributed by atoms with E-state index < -0.39 is 0 Å². The average molecular weight is 270 g/mol. The summed E-state index contributed by atoms with van der Waals surface area (Å²) in [5.41, 5.74) is 6.00. The summed E-state index contributed by atoms with van der Waals surface area (Å²) in [7, 11) is 0. The molecule has 2 rings (SSSR count). The van der Waals surface area contributed by atoms with Gasteiger partial charge in [-0.25, -0.2) is 0 Å². The zero-order valence-corrected chi connectivity index (χ0v) is 12.3. The fraction of sp³-hybridized carbons (Fsp3) is 0.929. The lowest BCUT2D eigenvalue weighted by Gasteiger charge is -2.42. The number of amides is 1. The van der Waals surface area contributed by atoms with E-state index in [-0.39, 0.29) is 11.9 Å². The Bertz CT molecular complexity index is 285. The lowest BCUT2D eigenvalue weighted by atomic mass is 9.75. The van der Waals surface area contributed by atoms with Crippen molar-refractivity contribution < 1.29 is 4.79 Å². The second-order valence-corrected chi connectivity index (χ2v) is 6.75. The molecule has 1 heterocycles. The average Bonchev–Trinajstić information content (AvgIpc) is 2.43. The monoisotopic (exact) mass is 270 g/mol. The summed E-state index contributed by atoms with van der Waals surface area (Å²) >= 11 is 1.76. The third-order valence-corrected chi connectivity index (χ3v) is 5.20. The first kappa shape index (κ1) is 14.2. The van der Waals surface area contributed by atoms with Crippen LogP contribution in [0.4, 0.5) is 0 Å². The molecule has 4 heteroatoms. The van der Waals surface area contributed by atoms with Crippen LogP contribution in [-0.2, 0) is 4.79 Å². The molecule has 1 saturated heterocycles. The van der Waals surface area contributed by atoms with E-state index in [9.17, 15) is 4.79 Å². The van der Waals surface area contributed by atoms with Crippen molar-refractivity contribution >= 4 is 17.7 Å². The molecule has 3 atom stereocenters. The topological polar surface area (TPSA) is 46.3 Å². The number of carbonyl (C=O) groups is 1. The molecule has 0 aromatic heterocycles. The summed E-state index contributed by atoms with van der Waals surface area (Å²) in [6.45, 7) is 1.91. The summed E-state index contributed by atoms with van der Waals surface area (Å²) in [5.74, 6) is 2.80. The minimum atomic E-state index is -0.280. The van der Waals surface area contributed by atoms with Gasteiger partial charge < -0.3 is 10.6 Å². The predicted molar refractivity (Wildman–Crippen MR) is 77.6 cm³/mol. The van der Waals surface area contributed by atoms with E-state index in [0.717, 1.165) is 37.1 Å². The van der Waals surface area contributed by atoms with Crippen LogP contribution < -0.4 is 5.73 Å². The van der Waals surface area contributed by atoms with Crippen LogP contribution in [-0.4, -0.2) is 41.9 Å². The van der Waals surface area contributed by atoms with Gasteiger partial charge in [-0.15, -0.1) is 0 Å². The number of likely N-dealkylation sites (tertiary alicyclic amines) is 1. The van der Waals surface area contributed by atoms with Gasteiger partial charge in [-0.1, -0.05) is 19.3 Å². The van der Waals surface area contributed by atoms with E-state index in [0.29, 0.717) is 0 Å². The molecule has 1 amide bonds. The number of nitrogens with two attached hydrogens (primary N) is 1. The maximum atomic E-state index is 12.3. The second kappa shape index (κ2) is 6.80. The Morgan fingerprint density at radius 2 is 2.06 bits per heavy atom. The smallest absolute Gasteiger partial charge is 0.239 e. The first-order valence-electron chi connectivity index (χ1n) is 7.25. The van der Waals surface area contributed by atoms with Crippen molar-refractivity contribution in [2.45, 2.75) is 44.6 Å². The number of thioether (sulfide) groups is 1. The minimum absolute atomic E-state index is 0.188. The van der Waals surface area contributed by atoms with Crippen molar-refractivity contribution in [1.29, 1.82) is 0 Å². The lowest BCUT2D eigenvalue weighted by Crippen LogP contribution is -2.50. The zero-order chi connectivity index (χ0) is 13.0. The van der Waals surface area contributed by atoms with Crippen LogP contribution in [0.2, 0.25) is 0 Å². The highest BCUT2D eigenvalue weighted by Crippen LogP contribution is 2.36. The summed E-state index contributed by atoms with van der Waals surface area (Å²) in [4.78, 5) is 14.3. The maximum Gasteiger partial charge on any atom is 0.239 e. The highest BCUT2D eigenvalue weighted by Gasteiger charge is 2.34. The number of rotatable bonds is 4. The highest BCUT2D eigenvalue weighted by atomic mass is 32.2. The predicted octanol–water partition coefficient (Wildman–Crippen LogP) is 2.11. The molecule has 18 heavy (non-hydrogen) atoms. The number of carbonyl (C=O) groups excluding carboxylic acids is 1. The standard InChI is InChI=1S/C14H26N2OS/c1-18-9-7-13(15)14(17)16-8-6-11-4-2-3-5-12(11)10-16/h11-13H,2-10,15H2,1H3/t11?,12?,13-/m1/s1. The molecule has 0 bridgehead atoms. The van der Waals surface area contributed by atoms with Crippen LogP contribution >= 0.6 is 11.8 Å². The van der Waals surface area contributed by atoms with Gasteiger partial charge in [-0.3, -0.25) is 4.79 Å². The molecular formula is C14H26N2OS. The molecule has 1 aliphatic carbocycles. The fourth-order valence-electron chi connectivity index (χ4n) is 3.40. The van der Waals surface area contributed by atoms with E-state index in [1.165, 1.54) is 32.1 Å². The van der Waals surface area contributed by atoms with Crippen molar-refractivity contribution in [3.05, 3.63) is 0 Å². The molecule has 1 aliphatic heterocycles. The van der Waals surface area contributed by atoms with Gasteiger partial charge >= 0.3 is 0 Å².